The molecule has 9 heteroatoms. The number of carbonyl (C=O) groups is 2. The highest BCUT2D eigenvalue weighted by atomic mass is 16.2. The van der Waals surface area contributed by atoms with E-state index in [0.29, 0.717) is 42.2 Å². The molecule has 0 radical (unpaired) electrons. The maximum Gasteiger partial charge on any atom is 0.253 e. The van der Waals surface area contributed by atoms with Gasteiger partial charge in [0.1, 0.15) is 0 Å². The average molecular weight is 531 g/mol. The Balaban J connectivity index is 1.43. The first-order valence-corrected chi connectivity index (χ1v) is 14.0. The maximum atomic E-state index is 13.5. The summed E-state index contributed by atoms with van der Waals surface area (Å²) in [7, 11) is 0. The van der Waals surface area contributed by atoms with Crippen molar-refractivity contribution in [1.29, 1.82) is 5.41 Å². The van der Waals surface area contributed by atoms with Gasteiger partial charge in [-0.1, -0.05) is 18.9 Å². The van der Waals surface area contributed by atoms with Gasteiger partial charge in [0, 0.05) is 67.5 Å². The predicted molar refractivity (Wildman–Crippen MR) is 153 cm³/mol. The van der Waals surface area contributed by atoms with Crippen molar-refractivity contribution in [1.82, 2.24) is 20.5 Å². The third-order valence-corrected chi connectivity index (χ3v) is 8.23. The molecule has 0 atom stereocenters. The number of amides is 2. The second-order valence-corrected chi connectivity index (χ2v) is 11.0. The van der Waals surface area contributed by atoms with Crippen molar-refractivity contribution < 1.29 is 9.59 Å². The average Bonchev–Trinajstić information content (AvgIpc) is 3.39. The van der Waals surface area contributed by atoms with Gasteiger partial charge in [-0.2, -0.15) is 0 Å². The Kier molecular flexibility index (Phi) is 7.97. The summed E-state index contributed by atoms with van der Waals surface area (Å²) in [5, 5.41) is 17.9. The smallest absolute Gasteiger partial charge is 0.253 e. The molecule has 2 aromatic rings. The highest BCUT2D eigenvalue weighted by molar-refractivity contribution is 6.06. The Hall–Kier alpha value is -3.72. The van der Waals surface area contributed by atoms with Gasteiger partial charge in [-0.05, 0) is 68.0 Å². The summed E-state index contributed by atoms with van der Waals surface area (Å²) in [5.74, 6) is -0.0446. The van der Waals surface area contributed by atoms with Crippen LogP contribution in [0.4, 0.5) is 5.69 Å². The largest absolute Gasteiger partial charge is 0.382 e. The molecule has 9 nitrogen and oxygen atoms in total. The molecule has 1 aromatic heterocycles. The molecule has 3 aliphatic rings. The summed E-state index contributed by atoms with van der Waals surface area (Å²) in [4.78, 5) is 43.4. The summed E-state index contributed by atoms with van der Waals surface area (Å²) < 4.78 is 0. The van der Waals surface area contributed by atoms with Crippen LogP contribution in [0.2, 0.25) is 0 Å². The zero-order valence-corrected chi connectivity index (χ0v) is 22.8. The fraction of sp³-hybridized carbons (Fsp3) is 0.467. The van der Waals surface area contributed by atoms with Gasteiger partial charge in [0.15, 0.2) is 0 Å². The van der Waals surface area contributed by atoms with Gasteiger partial charge in [-0.15, -0.1) is 0 Å². The monoisotopic (exact) mass is 530 g/mol. The Bertz CT molecular complexity index is 1370. The number of nitrogens with one attached hydrogen (secondary N) is 5. The molecule has 5 rings (SSSR count). The summed E-state index contributed by atoms with van der Waals surface area (Å²) >= 11 is 0. The lowest BCUT2D eigenvalue weighted by molar-refractivity contribution is -0.136. The number of pyridine rings is 1. The first kappa shape index (κ1) is 26.9. The number of aromatic nitrogens is 1. The number of benzene rings is 1. The van der Waals surface area contributed by atoms with E-state index >= 15 is 0 Å². The second-order valence-electron chi connectivity index (χ2n) is 11.0. The maximum absolute atomic E-state index is 13.5. The molecule has 1 aromatic carbocycles. The van der Waals surface area contributed by atoms with Crippen molar-refractivity contribution in [2.75, 3.05) is 31.5 Å². The summed E-state index contributed by atoms with van der Waals surface area (Å²) in [5.41, 5.74) is 5.67. The molecule has 1 saturated heterocycles. The summed E-state index contributed by atoms with van der Waals surface area (Å²) in [6.07, 6.45) is 8.49. The first-order valence-electron chi connectivity index (χ1n) is 14.0. The SMILES string of the molecule is Cc1cc(C)c(CNC(=O)c2cc(C3=CCN(C(=O)C4CNC4)CC3)cc(NC3CCCC3)c2C=N)c(=O)[nH]1. The number of hydrogen-bond donors (Lipinski definition) is 5. The molecular formula is C30H38N6O3. The number of rotatable bonds is 8. The summed E-state index contributed by atoms with van der Waals surface area (Å²) in [6, 6.07) is 6.10. The quantitative estimate of drug-likeness (QED) is 0.335. The third-order valence-electron chi connectivity index (χ3n) is 8.23. The molecule has 2 fully saturated rings. The molecule has 2 aliphatic heterocycles. The number of hydrogen-bond acceptors (Lipinski definition) is 6. The molecule has 1 saturated carbocycles. The van der Waals surface area contributed by atoms with Crippen molar-refractivity contribution in [2.24, 2.45) is 5.92 Å². The molecule has 5 N–H and O–H groups in total. The van der Waals surface area contributed by atoms with Crippen LogP contribution in [0, 0.1) is 25.2 Å². The number of H-pyrrole nitrogens is 1. The van der Waals surface area contributed by atoms with Crippen molar-refractivity contribution >= 4 is 29.3 Å². The van der Waals surface area contributed by atoms with Gasteiger partial charge in [0.25, 0.3) is 11.5 Å². The predicted octanol–water partition coefficient (Wildman–Crippen LogP) is 3.11. The van der Waals surface area contributed by atoms with Crippen LogP contribution in [0.3, 0.4) is 0 Å². The highest BCUT2D eigenvalue weighted by Gasteiger charge is 2.30. The number of aryl methyl sites for hydroxylation is 2. The van der Waals surface area contributed by atoms with Gasteiger partial charge in [-0.3, -0.25) is 14.4 Å². The molecule has 2 amide bonds. The van der Waals surface area contributed by atoms with Crippen molar-refractivity contribution in [3.63, 3.8) is 0 Å². The van der Waals surface area contributed by atoms with Crippen LogP contribution in [-0.4, -0.2) is 60.1 Å². The first-order chi connectivity index (χ1) is 18.8. The van der Waals surface area contributed by atoms with Crippen LogP contribution in [0.15, 0.2) is 29.1 Å². The van der Waals surface area contributed by atoms with E-state index in [9.17, 15) is 14.4 Å². The number of nitrogens with zero attached hydrogens (tertiary/aromatic N) is 1. The molecule has 39 heavy (non-hydrogen) atoms. The van der Waals surface area contributed by atoms with Gasteiger partial charge in [-0.25, -0.2) is 0 Å². The zero-order valence-electron chi connectivity index (χ0n) is 22.8. The van der Waals surface area contributed by atoms with E-state index in [4.69, 9.17) is 5.41 Å². The third kappa shape index (κ3) is 5.83. The molecule has 0 bridgehead atoms. The molecule has 0 spiro atoms. The van der Waals surface area contributed by atoms with Crippen molar-refractivity contribution in [3.8, 4) is 0 Å². The van der Waals surface area contributed by atoms with Crippen LogP contribution >= 0.6 is 0 Å². The van der Waals surface area contributed by atoms with Gasteiger partial charge in [0.2, 0.25) is 5.91 Å². The van der Waals surface area contributed by atoms with Crippen molar-refractivity contribution in [2.45, 2.75) is 58.5 Å². The van der Waals surface area contributed by atoms with Gasteiger partial charge in [0.05, 0.1) is 11.5 Å². The van der Waals surface area contributed by atoms with E-state index in [-0.39, 0.29) is 29.8 Å². The lowest BCUT2D eigenvalue weighted by Gasteiger charge is -2.34. The van der Waals surface area contributed by atoms with Gasteiger partial charge < -0.3 is 31.2 Å². The highest BCUT2D eigenvalue weighted by Crippen LogP contribution is 2.32. The summed E-state index contributed by atoms with van der Waals surface area (Å²) in [6.45, 7) is 6.50. The van der Waals surface area contributed by atoms with Crippen molar-refractivity contribution in [3.05, 3.63) is 68.1 Å². The molecular weight excluding hydrogens is 492 g/mol. The Morgan fingerprint density at radius 2 is 1.92 bits per heavy atom. The van der Waals surface area contributed by atoms with Crippen LogP contribution in [0.1, 0.15) is 70.4 Å². The van der Waals surface area contributed by atoms with E-state index in [1.807, 2.05) is 36.9 Å². The van der Waals surface area contributed by atoms with Crippen LogP contribution in [0.25, 0.3) is 5.57 Å². The fourth-order valence-electron chi connectivity index (χ4n) is 5.81. The van der Waals surface area contributed by atoms with Crippen LogP contribution in [0.5, 0.6) is 0 Å². The van der Waals surface area contributed by atoms with Gasteiger partial charge >= 0.3 is 0 Å². The van der Waals surface area contributed by atoms with E-state index in [1.165, 1.54) is 19.1 Å². The fourth-order valence-corrected chi connectivity index (χ4v) is 5.81. The van der Waals surface area contributed by atoms with E-state index in [1.54, 1.807) is 0 Å². The minimum Gasteiger partial charge on any atom is -0.382 e. The minimum absolute atomic E-state index is 0.0775. The van der Waals surface area contributed by atoms with Crippen LogP contribution < -0.4 is 21.5 Å². The lowest BCUT2D eigenvalue weighted by Crippen LogP contribution is -2.52. The number of carbonyl (C=O) groups excluding carboxylic acids is 2. The molecule has 0 unspecified atom stereocenters. The topological polar surface area (TPSA) is 130 Å². The Morgan fingerprint density at radius 3 is 2.54 bits per heavy atom. The standard InChI is InChI=1S/C30H38N6O3/c1-18-11-19(2)34-29(38)26(18)17-33-28(37)24-12-21(13-27(25(24)14-31)35-23-5-3-4-6-23)20-7-9-36(10-8-20)30(39)22-15-32-16-22/h7,11-14,22-23,31-32,35H,3-6,8-10,15-17H2,1-2H3,(H,33,37)(H,34,38). The van der Waals surface area contributed by atoms with E-state index in [0.717, 1.165) is 54.0 Å². The second kappa shape index (κ2) is 11.6. The number of aromatic amines is 1. The lowest BCUT2D eigenvalue weighted by atomic mass is 9.92. The molecule has 206 valence electrons. The normalized spacial score (nSPS) is 17.9. The zero-order chi connectivity index (χ0) is 27.5. The Morgan fingerprint density at radius 1 is 1.15 bits per heavy atom. The van der Waals surface area contributed by atoms with E-state index < -0.39 is 0 Å². The molecule has 1 aliphatic carbocycles. The number of anilines is 1. The minimum atomic E-state index is -0.324. The Labute approximate surface area is 229 Å². The van der Waals surface area contributed by atoms with Crippen LogP contribution in [-0.2, 0) is 11.3 Å². The van der Waals surface area contributed by atoms with E-state index in [2.05, 4.69) is 27.0 Å². The molecule has 3 heterocycles.